The lowest BCUT2D eigenvalue weighted by Crippen LogP contribution is -2.24. The number of carbonyl (C=O) groups is 1. The smallest absolute Gasteiger partial charge is 0.219 e. The van der Waals surface area contributed by atoms with Crippen molar-refractivity contribution >= 4 is 21.8 Å². The van der Waals surface area contributed by atoms with Gasteiger partial charge >= 0.3 is 0 Å². The molecule has 0 bridgehead atoms. The van der Waals surface area contributed by atoms with E-state index in [1.54, 1.807) is 6.20 Å². The third kappa shape index (κ3) is 2.64. The Labute approximate surface area is 103 Å². The summed E-state index contributed by atoms with van der Waals surface area (Å²) in [4.78, 5) is 11.1. The van der Waals surface area contributed by atoms with Gasteiger partial charge in [0.25, 0.3) is 0 Å². The molecule has 1 aliphatic rings. The van der Waals surface area contributed by atoms with Crippen LogP contribution in [0.15, 0.2) is 16.9 Å². The van der Waals surface area contributed by atoms with Gasteiger partial charge in [0.15, 0.2) is 0 Å². The third-order valence-corrected chi connectivity index (χ3v) is 3.67. The quantitative estimate of drug-likeness (QED) is 0.922. The number of halogens is 1. The summed E-state index contributed by atoms with van der Waals surface area (Å²) in [5.74, 6) is 0.294. The van der Waals surface area contributed by atoms with Gasteiger partial charge in [-0.25, -0.2) is 0 Å². The molecule has 88 valence electrons. The number of carbonyl (C=O) groups excluding carboxylic acids is 1. The molecule has 0 spiro atoms. The fourth-order valence-corrected chi connectivity index (χ4v) is 2.82. The molecule has 4 nitrogen and oxygen atoms in total. The van der Waals surface area contributed by atoms with Crippen LogP contribution in [-0.4, -0.2) is 15.7 Å². The molecule has 16 heavy (non-hydrogen) atoms. The van der Waals surface area contributed by atoms with Crippen LogP contribution in [0.2, 0.25) is 0 Å². The summed E-state index contributed by atoms with van der Waals surface area (Å²) >= 11 is 3.38. The molecule has 1 aromatic heterocycles. The standard InChI is InChI=1S/C11H16BrN3O/c12-9-6-14-15(7-9)10(5-11(13)16)8-3-1-2-4-8/h6-8,10H,1-5H2,(H2,13,16)/t10-/m0/s1. The third-order valence-electron chi connectivity index (χ3n) is 3.26. The monoisotopic (exact) mass is 285 g/mol. The second-order valence-electron chi connectivity index (χ2n) is 4.42. The highest BCUT2D eigenvalue weighted by Gasteiger charge is 2.28. The summed E-state index contributed by atoms with van der Waals surface area (Å²) in [6.45, 7) is 0. The van der Waals surface area contributed by atoms with Crippen LogP contribution in [0, 0.1) is 5.92 Å². The van der Waals surface area contributed by atoms with E-state index in [-0.39, 0.29) is 11.9 Å². The Morgan fingerprint density at radius 2 is 2.31 bits per heavy atom. The zero-order valence-corrected chi connectivity index (χ0v) is 10.7. The Morgan fingerprint density at radius 1 is 1.62 bits per heavy atom. The molecule has 2 N–H and O–H groups in total. The molecule has 0 radical (unpaired) electrons. The molecule has 1 atom stereocenters. The van der Waals surface area contributed by atoms with Gasteiger partial charge in [-0.15, -0.1) is 0 Å². The first-order valence-corrected chi connectivity index (χ1v) is 6.44. The molecule has 0 aliphatic heterocycles. The minimum absolute atomic E-state index is 0.131. The summed E-state index contributed by atoms with van der Waals surface area (Å²) in [5, 5.41) is 4.28. The van der Waals surface area contributed by atoms with Crippen molar-refractivity contribution in [3.05, 3.63) is 16.9 Å². The summed E-state index contributed by atoms with van der Waals surface area (Å²) < 4.78 is 2.82. The number of aromatic nitrogens is 2. The highest BCUT2D eigenvalue weighted by Crippen LogP contribution is 2.36. The van der Waals surface area contributed by atoms with Crippen LogP contribution in [0.5, 0.6) is 0 Å². The van der Waals surface area contributed by atoms with Crippen molar-refractivity contribution in [1.29, 1.82) is 0 Å². The first kappa shape index (κ1) is 11.6. The zero-order chi connectivity index (χ0) is 11.5. The zero-order valence-electron chi connectivity index (χ0n) is 9.10. The normalized spacial score (nSPS) is 18.8. The van der Waals surface area contributed by atoms with Crippen LogP contribution in [-0.2, 0) is 4.79 Å². The van der Waals surface area contributed by atoms with Crippen molar-refractivity contribution < 1.29 is 4.79 Å². The molecule has 1 saturated carbocycles. The average molecular weight is 286 g/mol. The molecule has 0 aromatic carbocycles. The number of amides is 1. The van der Waals surface area contributed by atoms with Crippen LogP contribution in [0.1, 0.15) is 38.1 Å². The van der Waals surface area contributed by atoms with Crippen LogP contribution < -0.4 is 5.73 Å². The number of primary amides is 1. The molecule has 1 heterocycles. The maximum atomic E-state index is 11.1. The van der Waals surface area contributed by atoms with Gasteiger partial charge in [0.1, 0.15) is 0 Å². The van der Waals surface area contributed by atoms with Crippen LogP contribution in [0.3, 0.4) is 0 Å². The number of hydrogen-bond acceptors (Lipinski definition) is 2. The largest absolute Gasteiger partial charge is 0.370 e. The van der Waals surface area contributed by atoms with E-state index in [1.165, 1.54) is 25.7 Å². The highest BCUT2D eigenvalue weighted by atomic mass is 79.9. The maximum absolute atomic E-state index is 11.1. The fraction of sp³-hybridized carbons (Fsp3) is 0.636. The molecule has 2 rings (SSSR count). The summed E-state index contributed by atoms with van der Waals surface area (Å²) in [7, 11) is 0. The Hall–Kier alpha value is -0.840. The predicted molar refractivity (Wildman–Crippen MR) is 64.7 cm³/mol. The molecule has 0 saturated heterocycles. The minimum atomic E-state index is -0.247. The van der Waals surface area contributed by atoms with E-state index in [4.69, 9.17) is 5.73 Å². The number of nitrogens with zero attached hydrogens (tertiary/aromatic N) is 2. The van der Waals surface area contributed by atoms with Crippen molar-refractivity contribution in [3.63, 3.8) is 0 Å². The molecular weight excluding hydrogens is 270 g/mol. The topological polar surface area (TPSA) is 60.9 Å². The van der Waals surface area contributed by atoms with E-state index in [0.717, 1.165) is 4.47 Å². The summed E-state index contributed by atoms with van der Waals surface area (Å²) in [6.07, 6.45) is 8.92. The van der Waals surface area contributed by atoms with E-state index in [1.807, 2.05) is 10.9 Å². The molecule has 1 aliphatic carbocycles. The lowest BCUT2D eigenvalue weighted by molar-refractivity contribution is -0.119. The first-order valence-electron chi connectivity index (χ1n) is 5.65. The minimum Gasteiger partial charge on any atom is -0.370 e. The van der Waals surface area contributed by atoms with Gasteiger partial charge in [-0.2, -0.15) is 5.10 Å². The maximum Gasteiger partial charge on any atom is 0.219 e. The van der Waals surface area contributed by atoms with Crippen LogP contribution >= 0.6 is 15.9 Å². The van der Waals surface area contributed by atoms with Gasteiger partial charge in [-0.1, -0.05) is 12.8 Å². The highest BCUT2D eigenvalue weighted by molar-refractivity contribution is 9.10. The molecule has 5 heteroatoms. The van der Waals surface area contributed by atoms with Crippen molar-refractivity contribution in [2.75, 3.05) is 0 Å². The Bertz CT molecular complexity index is 371. The lowest BCUT2D eigenvalue weighted by Gasteiger charge is -2.22. The molecule has 1 aromatic rings. The van der Waals surface area contributed by atoms with E-state index < -0.39 is 0 Å². The first-order chi connectivity index (χ1) is 7.66. The van der Waals surface area contributed by atoms with E-state index in [2.05, 4.69) is 21.0 Å². The molecule has 1 fully saturated rings. The van der Waals surface area contributed by atoms with Crippen molar-refractivity contribution in [1.82, 2.24) is 9.78 Å². The Balaban J connectivity index is 2.16. The van der Waals surface area contributed by atoms with Crippen molar-refractivity contribution in [2.24, 2.45) is 11.7 Å². The second-order valence-corrected chi connectivity index (χ2v) is 5.34. The van der Waals surface area contributed by atoms with Crippen molar-refractivity contribution in [2.45, 2.75) is 38.1 Å². The molecule has 0 unspecified atom stereocenters. The Morgan fingerprint density at radius 3 is 2.81 bits per heavy atom. The van der Waals surface area contributed by atoms with E-state index in [0.29, 0.717) is 12.3 Å². The molecular formula is C11H16BrN3O. The van der Waals surface area contributed by atoms with Gasteiger partial charge in [-0.3, -0.25) is 9.48 Å². The predicted octanol–water partition coefficient (Wildman–Crippen LogP) is 2.25. The van der Waals surface area contributed by atoms with Crippen LogP contribution in [0.4, 0.5) is 0 Å². The van der Waals surface area contributed by atoms with E-state index in [9.17, 15) is 4.79 Å². The fourth-order valence-electron chi connectivity index (χ4n) is 2.52. The number of nitrogens with two attached hydrogens (primary N) is 1. The second kappa shape index (κ2) is 4.99. The Kier molecular flexibility index (Phi) is 3.63. The van der Waals surface area contributed by atoms with E-state index >= 15 is 0 Å². The number of rotatable bonds is 4. The SMILES string of the molecule is NC(=O)C[C@@H](C1CCCC1)n1cc(Br)cn1. The van der Waals surface area contributed by atoms with Crippen molar-refractivity contribution in [3.8, 4) is 0 Å². The summed E-state index contributed by atoms with van der Waals surface area (Å²) in [5.41, 5.74) is 5.31. The molecule has 1 amide bonds. The van der Waals surface area contributed by atoms with Crippen LogP contribution in [0.25, 0.3) is 0 Å². The number of hydrogen-bond donors (Lipinski definition) is 1. The summed E-state index contributed by atoms with van der Waals surface area (Å²) in [6, 6.07) is 0.131. The lowest BCUT2D eigenvalue weighted by atomic mass is 9.95. The van der Waals surface area contributed by atoms with Gasteiger partial charge in [0.2, 0.25) is 5.91 Å². The van der Waals surface area contributed by atoms with Gasteiger partial charge in [-0.05, 0) is 34.7 Å². The van der Waals surface area contributed by atoms with Gasteiger partial charge in [0.05, 0.1) is 16.7 Å². The van der Waals surface area contributed by atoms with Gasteiger partial charge < -0.3 is 5.73 Å². The average Bonchev–Trinajstić information content (AvgIpc) is 2.84. The van der Waals surface area contributed by atoms with Gasteiger partial charge in [0, 0.05) is 12.6 Å².